The van der Waals surface area contributed by atoms with Gasteiger partial charge in [-0.05, 0) is 19.1 Å². The van der Waals surface area contributed by atoms with Crippen molar-refractivity contribution in [1.29, 1.82) is 0 Å². The molecule has 0 bridgehead atoms. The van der Waals surface area contributed by atoms with Gasteiger partial charge in [-0.2, -0.15) is 13.2 Å². The summed E-state index contributed by atoms with van der Waals surface area (Å²) < 4.78 is 59.8. The fourth-order valence-electron chi connectivity index (χ4n) is 1.48. The summed E-state index contributed by atoms with van der Waals surface area (Å²) in [6.45, 7) is 1.52. The lowest BCUT2D eigenvalue weighted by Gasteiger charge is -2.15. The largest absolute Gasteiger partial charge is 0.416 e. The van der Waals surface area contributed by atoms with Gasteiger partial charge in [-0.25, -0.2) is 13.4 Å². The molecule has 4 nitrogen and oxygen atoms in total. The van der Waals surface area contributed by atoms with Crippen LogP contribution in [0.2, 0.25) is 5.15 Å². The average molecular weight is 317 g/mol. The molecule has 0 aliphatic rings. The van der Waals surface area contributed by atoms with E-state index < -0.39 is 27.6 Å². The van der Waals surface area contributed by atoms with Gasteiger partial charge in [0.1, 0.15) is 20.8 Å². The Balaban J connectivity index is 2.93. The molecule has 1 rings (SSSR count). The molecule has 0 aliphatic carbocycles. The zero-order valence-electron chi connectivity index (χ0n) is 10.1. The van der Waals surface area contributed by atoms with Crippen molar-refractivity contribution in [2.45, 2.75) is 19.1 Å². The number of pyridine rings is 1. The topological polar surface area (TPSA) is 59.1 Å². The maximum Gasteiger partial charge on any atom is 0.416 e. The minimum Gasteiger partial charge on any atom is -0.367 e. The van der Waals surface area contributed by atoms with Gasteiger partial charge in [0.25, 0.3) is 0 Å². The van der Waals surface area contributed by atoms with E-state index in [-0.39, 0.29) is 16.7 Å². The van der Waals surface area contributed by atoms with Gasteiger partial charge in [-0.1, -0.05) is 11.6 Å². The molecule has 1 atom stereocenters. The minimum atomic E-state index is -4.54. The second-order valence-electron chi connectivity index (χ2n) is 4.20. The van der Waals surface area contributed by atoms with Crippen LogP contribution in [0.15, 0.2) is 12.1 Å². The third-order valence-corrected chi connectivity index (χ3v) is 3.37. The van der Waals surface area contributed by atoms with Crippen LogP contribution < -0.4 is 5.32 Å². The number of rotatable bonds is 4. The SMILES string of the molecule is CC(CS(C)(=O)=O)Nc1cc(C(F)(F)F)cc(Cl)n1. The van der Waals surface area contributed by atoms with Gasteiger partial charge >= 0.3 is 6.18 Å². The van der Waals surface area contributed by atoms with Crippen LogP contribution in [0.5, 0.6) is 0 Å². The third-order valence-electron chi connectivity index (χ3n) is 2.07. The van der Waals surface area contributed by atoms with Gasteiger partial charge in [-0.15, -0.1) is 0 Å². The first-order valence-corrected chi connectivity index (χ1v) is 7.60. The van der Waals surface area contributed by atoms with Gasteiger partial charge < -0.3 is 5.32 Å². The Kier molecular flexibility index (Phi) is 4.67. The number of anilines is 1. The first kappa shape index (κ1) is 16.0. The molecule has 0 saturated carbocycles. The summed E-state index contributed by atoms with van der Waals surface area (Å²) in [5, 5.41) is 2.26. The predicted molar refractivity (Wildman–Crippen MR) is 67.0 cm³/mol. The van der Waals surface area contributed by atoms with Crippen molar-refractivity contribution in [3.05, 3.63) is 22.8 Å². The van der Waals surface area contributed by atoms with Crippen molar-refractivity contribution >= 4 is 27.3 Å². The van der Waals surface area contributed by atoms with Crippen molar-refractivity contribution < 1.29 is 21.6 Å². The highest BCUT2D eigenvalue weighted by Gasteiger charge is 2.31. The lowest BCUT2D eigenvalue weighted by molar-refractivity contribution is -0.137. The van der Waals surface area contributed by atoms with Crippen molar-refractivity contribution in [3.8, 4) is 0 Å². The highest BCUT2D eigenvalue weighted by molar-refractivity contribution is 7.90. The van der Waals surface area contributed by atoms with Crippen LogP contribution in [0, 0.1) is 0 Å². The van der Waals surface area contributed by atoms with Crippen molar-refractivity contribution in [2.24, 2.45) is 0 Å². The van der Waals surface area contributed by atoms with Crippen LogP contribution in [0.1, 0.15) is 12.5 Å². The van der Waals surface area contributed by atoms with E-state index in [9.17, 15) is 21.6 Å². The summed E-state index contributed by atoms with van der Waals surface area (Å²) in [5.41, 5.74) is -0.943. The highest BCUT2D eigenvalue weighted by atomic mass is 35.5. The first-order chi connectivity index (χ1) is 8.47. The normalized spacial score (nSPS) is 14.2. The smallest absolute Gasteiger partial charge is 0.367 e. The number of hydrogen-bond acceptors (Lipinski definition) is 4. The number of halogens is 4. The fourth-order valence-corrected chi connectivity index (χ4v) is 2.68. The Labute approximate surface area is 113 Å². The van der Waals surface area contributed by atoms with E-state index in [0.717, 1.165) is 12.3 Å². The van der Waals surface area contributed by atoms with Crippen LogP contribution in [0.3, 0.4) is 0 Å². The van der Waals surface area contributed by atoms with Gasteiger partial charge in [-0.3, -0.25) is 0 Å². The summed E-state index contributed by atoms with van der Waals surface area (Å²) in [6.07, 6.45) is -3.50. The molecule has 108 valence electrons. The molecular formula is C10H12ClF3N2O2S. The van der Waals surface area contributed by atoms with Gasteiger partial charge in [0.05, 0.1) is 11.3 Å². The molecule has 0 spiro atoms. The summed E-state index contributed by atoms with van der Waals surface area (Å²) in [6, 6.07) is 0.903. The fraction of sp³-hybridized carbons (Fsp3) is 0.500. The van der Waals surface area contributed by atoms with Crippen molar-refractivity contribution in [2.75, 3.05) is 17.3 Å². The molecule has 0 fully saturated rings. The van der Waals surface area contributed by atoms with Crippen LogP contribution in [0.25, 0.3) is 0 Å². The number of aromatic nitrogens is 1. The Morgan fingerprint density at radius 3 is 2.47 bits per heavy atom. The molecule has 0 aliphatic heterocycles. The van der Waals surface area contributed by atoms with E-state index in [2.05, 4.69) is 10.3 Å². The Hall–Kier alpha value is -1.02. The zero-order chi connectivity index (χ0) is 14.8. The minimum absolute atomic E-state index is 0.115. The van der Waals surface area contributed by atoms with E-state index in [0.29, 0.717) is 6.07 Å². The molecule has 9 heteroatoms. The second-order valence-corrected chi connectivity index (χ2v) is 6.77. The third kappa shape index (κ3) is 5.65. The quantitative estimate of drug-likeness (QED) is 0.867. The Morgan fingerprint density at radius 2 is 2.00 bits per heavy atom. The predicted octanol–water partition coefficient (Wildman–Crippen LogP) is 2.60. The molecule has 0 amide bonds. The van der Waals surface area contributed by atoms with Crippen LogP contribution in [0.4, 0.5) is 19.0 Å². The van der Waals surface area contributed by atoms with Gasteiger partial charge in [0.2, 0.25) is 0 Å². The maximum absolute atomic E-state index is 12.5. The van der Waals surface area contributed by atoms with Gasteiger partial charge in [0.15, 0.2) is 0 Å². The van der Waals surface area contributed by atoms with Crippen LogP contribution in [-0.2, 0) is 16.0 Å². The van der Waals surface area contributed by atoms with E-state index in [1.54, 1.807) is 0 Å². The Bertz CT molecular complexity index is 560. The molecule has 0 saturated heterocycles. The summed E-state index contributed by atoms with van der Waals surface area (Å²) >= 11 is 5.50. The number of nitrogens with one attached hydrogen (secondary N) is 1. The zero-order valence-corrected chi connectivity index (χ0v) is 11.7. The lowest BCUT2D eigenvalue weighted by atomic mass is 10.2. The molecule has 0 aromatic carbocycles. The molecule has 1 aromatic rings. The molecular weight excluding hydrogens is 305 g/mol. The van der Waals surface area contributed by atoms with Crippen LogP contribution in [-0.4, -0.2) is 31.5 Å². The van der Waals surface area contributed by atoms with Crippen LogP contribution >= 0.6 is 11.6 Å². The van der Waals surface area contributed by atoms with Crippen molar-refractivity contribution in [1.82, 2.24) is 4.98 Å². The molecule has 1 N–H and O–H groups in total. The monoisotopic (exact) mass is 316 g/mol. The van der Waals surface area contributed by atoms with E-state index >= 15 is 0 Å². The van der Waals surface area contributed by atoms with Crippen molar-refractivity contribution in [3.63, 3.8) is 0 Å². The maximum atomic E-state index is 12.5. The lowest BCUT2D eigenvalue weighted by Crippen LogP contribution is -2.25. The first-order valence-electron chi connectivity index (χ1n) is 5.16. The summed E-state index contributed by atoms with van der Waals surface area (Å²) in [5.74, 6) is -0.335. The summed E-state index contributed by atoms with van der Waals surface area (Å²) in [7, 11) is -3.24. The molecule has 1 unspecified atom stereocenters. The number of hydrogen-bond donors (Lipinski definition) is 1. The highest BCUT2D eigenvalue weighted by Crippen LogP contribution is 2.32. The van der Waals surface area contributed by atoms with E-state index in [4.69, 9.17) is 11.6 Å². The summed E-state index contributed by atoms with van der Waals surface area (Å²) in [4.78, 5) is 3.68. The number of alkyl halides is 3. The second kappa shape index (κ2) is 5.54. The van der Waals surface area contributed by atoms with E-state index in [1.165, 1.54) is 6.92 Å². The number of nitrogens with zero attached hydrogens (tertiary/aromatic N) is 1. The van der Waals surface area contributed by atoms with E-state index in [1.807, 2.05) is 0 Å². The molecule has 19 heavy (non-hydrogen) atoms. The average Bonchev–Trinajstić information content (AvgIpc) is 2.11. The van der Waals surface area contributed by atoms with Gasteiger partial charge in [0, 0.05) is 12.3 Å². The molecule has 1 aromatic heterocycles. The molecule has 0 radical (unpaired) electrons. The standard InChI is InChI=1S/C10H12ClF3N2O2S/c1-6(5-19(2,17)18)15-9-4-7(10(12,13)14)3-8(11)16-9/h3-4,6H,5H2,1-2H3,(H,15,16). The Morgan fingerprint density at radius 1 is 1.42 bits per heavy atom. The number of sulfone groups is 1. The molecule has 1 heterocycles.